The van der Waals surface area contributed by atoms with Crippen molar-refractivity contribution in [2.45, 2.75) is 12.0 Å². The second-order valence-electron chi connectivity index (χ2n) is 4.60. The maximum Gasteiger partial charge on any atom is 0.264 e. The van der Waals surface area contributed by atoms with E-state index in [1.54, 1.807) is 13.1 Å². The van der Waals surface area contributed by atoms with Gasteiger partial charge in [0.05, 0.1) is 7.11 Å². The first-order valence-electron chi connectivity index (χ1n) is 6.18. The first kappa shape index (κ1) is 15.4. The van der Waals surface area contributed by atoms with Crippen molar-refractivity contribution >= 4 is 5.91 Å². The highest BCUT2D eigenvalue weighted by molar-refractivity contribution is 5.82. The maximum atomic E-state index is 12.4. The molecule has 0 radical (unpaired) electrons. The van der Waals surface area contributed by atoms with Gasteiger partial charge in [0.15, 0.2) is 0 Å². The van der Waals surface area contributed by atoms with E-state index in [1.807, 2.05) is 49.3 Å². The molecule has 1 aromatic rings. The van der Waals surface area contributed by atoms with E-state index in [9.17, 15) is 4.79 Å². The minimum Gasteiger partial charge on any atom is -0.297 e. The van der Waals surface area contributed by atoms with Gasteiger partial charge in [0, 0.05) is 13.0 Å². The fraction of sp³-hybridized carbons (Fsp3) is 0.400. The van der Waals surface area contributed by atoms with Crippen LogP contribution in [0.5, 0.6) is 0 Å². The van der Waals surface area contributed by atoms with E-state index in [-0.39, 0.29) is 17.9 Å². The van der Waals surface area contributed by atoms with Crippen molar-refractivity contribution in [1.29, 1.82) is 0 Å². The molecule has 2 atom stereocenters. The lowest BCUT2D eigenvalue weighted by atomic mass is 9.90. The van der Waals surface area contributed by atoms with Crippen molar-refractivity contribution in [3.05, 3.63) is 48.6 Å². The topological polar surface area (TPSA) is 32.8 Å². The highest BCUT2D eigenvalue weighted by Gasteiger charge is 2.31. The summed E-state index contributed by atoms with van der Waals surface area (Å²) in [5.74, 6) is -0.178. The molecule has 1 rings (SSSR count). The van der Waals surface area contributed by atoms with E-state index in [0.717, 1.165) is 5.56 Å². The molecular weight excluding hydrogens is 240 g/mol. The fourth-order valence-corrected chi connectivity index (χ4v) is 2.09. The molecule has 0 aliphatic carbocycles. The van der Waals surface area contributed by atoms with Crippen LogP contribution in [-0.4, -0.2) is 50.2 Å². The zero-order valence-electron chi connectivity index (χ0n) is 12.0. The van der Waals surface area contributed by atoms with Crippen LogP contribution in [-0.2, 0) is 9.63 Å². The lowest BCUT2D eigenvalue weighted by molar-refractivity contribution is -0.174. The van der Waals surface area contributed by atoms with Gasteiger partial charge in [-0.3, -0.25) is 14.5 Å². The van der Waals surface area contributed by atoms with Crippen molar-refractivity contribution in [1.82, 2.24) is 9.96 Å². The van der Waals surface area contributed by atoms with Crippen molar-refractivity contribution < 1.29 is 9.63 Å². The van der Waals surface area contributed by atoms with Gasteiger partial charge < -0.3 is 0 Å². The van der Waals surface area contributed by atoms with Gasteiger partial charge in [-0.05, 0) is 19.7 Å². The average Bonchev–Trinajstić information content (AvgIpc) is 2.43. The molecule has 0 aliphatic heterocycles. The van der Waals surface area contributed by atoms with Crippen molar-refractivity contribution in [2.24, 2.45) is 0 Å². The molecule has 1 amide bonds. The van der Waals surface area contributed by atoms with E-state index < -0.39 is 0 Å². The number of carbonyl (C=O) groups is 1. The molecule has 104 valence electrons. The summed E-state index contributed by atoms with van der Waals surface area (Å²) >= 11 is 0. The number of hydrogen-bond donors (Lipinski definition) is 0. The number of nitrogens with zero attached hydrogens (tertiary/aromatic N) is 2. The van der Waals surface area contributed by atoms with E-state index in [4.69, 9.17) is 4.84 Å². The first-order valence-corrected chi connectivity index (χ1v) is 6.18. The molecule has 0 unspecified atom stereocenters. The largest absolute Gasteiger partial charge is 0.297 e. The van der Waals surface area contributed by atoms with Crippen LogP contribution in [0.15, 0.2) is 43.0 Å². The zero-order chi connectivity index (χ0) is 14.4. The van der Waals surface area contributed by atoms with Crippen LogP contribution in [0.2, 0.25) is 0 Å². The van der Waals surface area contributed by atoms with Gasteiger partial charge in [-0.2, -0.15) is 0 Å². The van der Waals surface area contributed by atoms with Gasteiger partial charge in [-0.15, -0.1) is 6.58 Å². The van der Waals surface area contributed by atoms with E-state index in [2.05, 4.69) is 6.58 Å². The Balaban J connectivity index is 3.09. The molecule has 1 aromatic carbocycles. The van der Waals surface area contributed by atoms with Crippen LogP contribution < -0.4 is 0 Å². The Hall–Kier alpha value is -1.65. The van der Waals surface area contributed by atoms with Gasteiger partial charge in [0.25, 0.3) is 5.91 Å². The molecule has 0 heterocycles. The van der Waals surface area contributed by atoms with E-state index in [1.165, 1.54) is 12.2 Å². The smallest absolute Gasteiger partial charge is 0.264 e. The van der Waals surface area contributed by atoms with Gasteiger partial charge in [0.2, 0.25) is 0 Å². The third-order valence-corrected chi connectivity index (χ3v) is 3.17. The quantitative estimate of drug-likeness (QED) is 0.580. The van der Waals surface area contributed by atoms with Crippen LogP contribution in [0.25, 0.3) is 0 Å². The molecule has 0 saturated carbocycles. The number of hydrogen-bond acceptors (Lipinski definition) is 3. The number of rotatable bonds is 6. The summed E-state index contributed by atoms with van der Waals surface area (Å²) in [6.45, 7) is 3.87. The summed E-state index contributed by atoms with van der Waals surface area (Å²) in [6.07, 6.45) is 1.81. The Bertz CT molecular complexity index is 417. The van der Waals surface area contributed by atoms with Crippen molar-refractivity contribution in [2.75, 3.05) is 28.3 Å². The van der Waals surface area contributed by atoms with Gasteiger partial charge in [-0.1, -0.05) is 36.4 Å². The molecule has 0 spiro atoms. The zero-order valence-corrected chi connectivity index (χ0v) is 12.0. The average molecular weight is 262 g/mol. The molecule has 0 fully saturated rings. The summed E-state index contributed by atoms with van der Waals surface area (Å²) in [5, 5.41) is 1.25. The van der Waals surface area contributed by atoms with Crippen LogP contribution in [0.4, 0.5) is 0 Å². The maximum absolute atomic E-state index is 12.4. The predicted octanol–water partition coefficient (Wildman–Crippen LogP) is 1.91. The molecule has 4 heteroatoms. The third kappa shape index (κ3) is 3.66. The summed E-state index contributed by atoms with van der Waals surface area (Å²) in [6, 6.07) is 9.54. The standard InChI is InChI=1S/C15H22N2O2/c1-6-13(12-10-8-7-9-11-12)14(16(2)3)15(18)17(4)19-5/h6-11,13-14H,1H2,2-5H3/t13-,14-/m0/s1. The van der Waals surface area contributed by atoms with Crippen molar-refractivity contribution in [3.63, 3.8) is 0 Å². The molecule has 0 aliphatic rings. The Morgan fingerprint density at radius 3 is 2.26 bits per heavy atom. The molecule has 0 saturated heterocycles. The van der Waals surface area contributed by atoms with Crippen LogP contribution >= 0.6 is 0 Å². The predicted molar refractivity (Wildman–Crippen MR) is 76.6 cm³/mol. The van der Waals surface area contributed by atoms with E-state index >= 15 is 0 Å². The Morgan fingerprint density at radius 2 is 1.84 bits per heavy atom. The lowest BCUT2D eigenvalue weighted by Gasteiger charge is -2.32. The SMILES string of the molecule is C=C[C@@H](c1ccccc1)[C@@H](C(=O)N(C)OC)N(C)C. The molecule has 0 aromatic heterocycles. The number of hydroxylamine groups is 2. The molecule has 0 N–H and O–H groups in total. The van der Waals surface area contributed by atoms with Crippen LogP contribution in [0, 0.1) is 0 Å². The Labute approximate surface area is 115 Å². The highest BCUT2D eigenvalue weighted by Crippen LogP contribution is 2.24. The number of benzene rings is 1. The highest BCUT2D eigenvalue weighted by atomic mass is 16.7. The molecule has 0 bridgehead atoms. The number of carbonyl (C=O) groups excluding carboxylic acids is 1. The minimum atomic E-state index is -0.343. The lowest BCUT2D eigenvalue weighted by Crippen LogP contribution is -2.47. The van der Waals surface area contributed by atoms with Crippen molar-refractivity contribution in [3.8, 4) is 0 Å². The molecule has 19 heavy (non-hydrogen) atoms. The Morgan fingerprint density at radius 1 is 1.26 bits per heavy atom. The summed E-state index contributed by atoms with van der Waals surface area (Å²) in [4.78, 5) is 19.3. The van der Waals surface area contributed by atoms with Gasteiger partial charge in [-0.25, -0.2) is 5.06 Å². The normalized spacial score (nSPS) is 13.9. The Kier molecular flexibility index (Phi) is 5.73. The number of likely N-dealkylation sites (N-methyl/N-ethyl adjacent to an activating group) is 2. The van der Waals surface area contributed by atoms with Gasteiger partial charge in [0.1, 0.15) is 6.04 Å². The van der Waals surface area contributed by atoms with Crippen LogP contribution in [0.1, 0.15) is 11.5 Å². The first-order chi connectivity index (χ1) is 9.02. The van der Waals surface area contributed by atoms with Crippen LogP contribution in [0.3, 0.4) is 0 Å². The summed E-state index contributed by atoms with van der Waals surface area (Å²) in [7, 11) is 6.86. The number of amides is 1. The molecule has 4 nitrogen and oxygen atoms in total. The second-order valence-corrected chi connectivity index (χ2v) is 4.60. The second kappa shape index (κ2) is 7.07. The minimum absolute atomic E-state index is 0.0821. The summed E-state index contributed by atoms with van der Waals surface area (Å²) in [5.41, 5.74) is 1.06. The monoisotopic (exact) mass is 262 g/mol. The third-order valence-electron chi connectivity index (χ3n) is 3.17. The molecular formula is C15H22N2O2. The van der Waals surface area contributed by atoms with Gasteiger partial charge >= 0.3 is 0 Å². The summed E-state index contributed by atoms with van der Waals surface area (Å²) < 4.78 is 0. The van der Waals surface area contributed by atoms with E-state index in [0.29, 0.717) is 0 Å². The fourth-order valence-electron chi connectivity index (χ4n) is 2.09.